The van der Waals surface area contributed by atoms with Gasteiger partial charge in [-0.15, -0.1) is 0 Å². The Balaban J connectivity index is 1.74. The van der Waals surface area contributed by atoms with Crippen molar-refractivity contribution in [3.8, 4) is 23.0 Å². The summed E-state index contributed by atoms with van der Waals surface area (Å²) in [5, 5.41) is 7.16. The van der Waals surface area contributed by atoms with Crippen LogP contribution in [0.1, 0.15) is 0 Å². The molecule has 0 aliphatic rings. The van der Waals surface area contributed by atoms with E-state index in [1.165, 1.54) is 19.2 Å². The predicted octanol–water partition coefficient (Wildman–Crippen LogP) is 5.29. The van der Waals surface area contributed by atoms with Crippen LogP contribution in [0.4, 0.5) is 27.5 Å². The number of halogens is 1. The van der Waals surface area contributed by atoms with Crippen molar-refractivity contribution < 1.29 is 23.3 Å². The van der Waals surface area contributed by atoms with E-state index in [-0.39, 0.29) is 5.75 Å². The van der Waals surface area contributed by atoms with Gasteiger partial charge in [0.1, 0.15) is 5.82 Å². The first kappa shape index (κ1) is 21.9. The number of nitrogens with one attached hydrogen (secondary N) is 2. The van der Waals surface area contributed by atoms with Gasteiger partial charge in [-0.3, -0.25) is 0 Å². The summed E-state index contributed by atoms with van der Waals surface area (Å²) in [5.74, 6) is 2.01. The lowest BCUT2D eigenvalue weighted by Crippen LogP contribution is -2.03. The van der Waals surface area contributed by atoms with Gasteiger partial charge in [-0.2, -0.15) is 4.98 Å². The van der Waals surface area contributed by atoms with Crippen molar-refractivity contribution in [2.75, 3.05) is 39.1 Å². The van der Waals surface area contributed by atoms with Gasteiger partial charge in [0, 0.05) is 35.0 Å². The predicted molar refractivity (Wildman–Crippen MR) is 125 cm³/mol. The molecule has 9 heteroatoms. The van der Waals surface area contributed by atoms with E-state index >= 15 is 0 Å². The van der Waals surface area contributed by atoms with Crippen molar-refractivity contribution in [3.63, 3.8) is 0 Å². The highest BCUT2D eigenvalue weighted by molar-refractivity contribution is 5.92. The molecule has 8 nitrogen and oxygen atoms in total. The highest BCUT2D eigenvalue weighted by Gasteiger charge is 2.15. The van der Waals surface area contributed by atoms with E-state index in [1.807, 2.05) is 24.3 Å². The number of hydrogen-bond donors (Lipinski definition) is 2. The molecular weight excluding hydrogens is 427 g/mol. The second-order valence-corrected chi connectivity index (χ2v) is 6.93. The molecule has 170 valence electrons. The van der Waals surface area contributed by atoms with E-state index < -0.39 is 5.82 Å². The Morgan fingerprint density at radius 1 is 0.697 bits per heavy atom. The van der Waals surface area contributed by atoms with Gasteiger partial charge < -0.3 is 29.6 Å². The maximum atomic E-state index is 14.1. The summed E-state index contributed by atoms with van der Waals surface area (Å²) < 4.78 is 35.4. The summed E-state index contributed by atoms with van der Waals surface area (Å²) >= 11 is 0. The molecule has 0 amide bonds. The number of hydrogen-bond acceptors (Lipinski definition) is 8. The molecule has 4 rings (SSSR count). The molecule has 0 unspecified atom stereocenters. The Labute approximate surface area is 190 Å². The summed E-state index contributed by atoms with van der Waals surface area (Å²) in [4.78, 5) is 9.17. The average molecular weight is 450 g/mol. The van der Waals surface area contributed by atoms with Crippen LogP contribution >= 0.6 is 0 Å². The molecule has 3 aromatic carbocycles. The van der Waals surface area contributed by atoms with Crippen LogP contribution in [0.2, 0.25) is 0 Å². The SMILES string of the molecule is COc1ccc(Nc2nc(Nc3cc(OC)c(OC)c(OC)c3)c3ccccc3n2)cc1F. The normalized spacial score (nSPS) is 10.6. The van der Waals surface area contributed by atoms with Crippen molar-refractivity contribution in [3.05, 3.63) is 60.4 Å². The Hall–Kier alpha value is -4.27. The average Bonchev–Trinajstić information content (AvgIpc) is 2.83. The number of rotatable bonds is 8. The van der Waals surface area contributed by atoms with Crippen LogP contribution in [0.15, 0.2) is 54.6 Å². The fourth-order valence-corrected chi connectivity index (χ4v) is 3.39. The summed E-state index contributed by atoms with van der Waals surface area (Å²) in [6.45, 7) is 0. The monoisotopic (exact) mass is 450 g/mol. The molecule has 2 N–H and O–H groups in total. The van der Waals surface area contributed by atoms with Gasteiger partial charge in [0.05, 0.1) is 34.0 Å². The lowest BCUT2D eigenvalue weighted by molar-refractivity contribution is 0.324. The fourth-order valence-electron chi connectivity index (χ4n) is 3.39. The highest BCUT2D eigenvalue weighted by Crippen LogP contribution is 2.41. The third-order valence-electron chi connectivity index (χ3n) is 4.94. The first-order chi connectivity index (χ1) is 16.1. The first-order valence-electron chi connectivity index (χ1n) is 10.0. The van der Waals surface area contributed by atoms with Crippen LogP contribution in [0.5, 0.6) is 23.0 Å². The van der Waals surface area contributed by atoms with Crippen molar-refractivity contribution in [2.45, 2.75) is 0 Å². The molecule has 1 aromatic heterocycles. The first-order valence-corrected chi connectivity index (χ1v) is 10.0. The molecule has 0 atom stereocenters. The Morgan fingerprint density at radius 3 is 2.03 bits per heavy atom. The Morgan fingerprint density at radius 2 is 1.39 bits per heavy atom. The minimum atomic E-state index is -0.487. The molecule has 0 aliphatic heterocycles. The number of fused-ring (bicyclic) bond motifs is 1. The molecule has 0 bridgehead atoms. The number of anilines is 4. The molecule has 0 spiro atoms. The molecule has 0 saturated heterocycles. The van der Waals surface area contributed by atoms with E-state index in [9.17, 15) is 4.39 Å². The van der Waals surface area contributed by atoms with Crippen molar-refractivity contribution in [2.24, 2.45) is 0 Å². The van der Waals surface area contributed by atoms with Crippen LogP contribution in [-0.4, -0.2) is 38.4 Å². The van der Waals surface area contributed by atoms with Crippen LogP contribution in [0.3, 0.4) is 0 Å². The maximum absolute atomic E-state index is 14.1. The van der Waals surface area contributed by atoms with E-state index in [1.54, 1.807) is 39.5 Å². The van der Waals surface area contributed by atoms with Gasteiger partial charge in [0.25, 0.3) is 0 Å². The van der Waals surface area contributed by atoms with Crippen LogP contribution < -0.4 is 29.6 Å². The second kappa shape index (κ2) is 9.47. The molecule has 0 radical (unpaired) electrons. The molecular formula is C24H23FN4O4. The zero-order valence-corrected chi connectivity index (χ0v) is 18.6. The van der Waals surface area contributed by atoms with Crippen molar-refractivity contribution >= 4 is 34.0 Å². The third kappa shape index (κ3) is 4.52. The fraction of sp³-hybridized carbons (Fsp3) is 0.167. The standard InChI is InChI=1S/C24H23FN4O4/c1-30-19-10-9-14(11-17(19)25)27-24-28-18-8-6-5-7-16(18)23(29-24)26-15-12-20(31-2)22(33-4)21(13-15)32-3/h5-13H,1-4H3,(H2,26,27,28,29). The Kier molecular flexibility index (Phi) is 6.30. The maximum Gasteiger partial charge on any atom is 0.229 e. The molecule has 4 aromatic rings. The topological polar surface area (TPSA) is 86.8 Å². The lowest BCUT2D eigenvalue weighted by atomic mass is 10.2. The largest absolute Gasteiger partial charge is 0.494 e. The zero-order chi connectivity index (χ0) is 23.4. The van der Waals surface area contributed by atoms with Crippen molar-refractivity contribution in [1.29, 1.82) is 0 Å². The number of nitrogens with zero attached hydrogens (tertiary/aromatic N) is 2. The summed E-state index contributed by atoms with van der Waals surface area (Å²) in [6, 6.07) is 15.7. The number of aromatic nitrogens is 2. The van der Waals surface area contributed by atoms with E-state index in [0.717, 1.165) is 5.39 Å². The highest BCUT2D eigenvalue weighted by atomic mass is 19.1. The number of benzene rings is 3. The van der Waals surface area contributed by atoms with E-state index in [4.69, 9.17) is 18.9 Å². The van der Waals surface area contributed by atoms with Gasteiger partial charge in [0.15, 0.2) is 23.1 Å². The second-order valence-electron chi connectivity index (χ2n) is 6.93. The quantitative estimate of drug-likeness (QED) is 0.374. The van der Waals surface area contributed by atoms with Gasteiger partial charge >= 0.3 is 0 Å². The minimum absolute atomic E-state index is 0.157. The van der Waals surface area contributed by atoms with Crippen LogP contribution in [0.25, 0.3) is 10.9 Å². The van der Waals surface area contributed by atoms with E-state index in [0.29, 0.717) is 45.9 Å². The van der Waals surface area contributed by atoms with E-state index in [2.05, 4.69) is 20.6 Å². The summed E-state index contributed by atoms with van der Waals surface area (Å²) in [5.41, 5.74) is 1.87. The zero-order valence-electron chi connectivity index (χ0n) is 18.6. The number of para-hydroxylation sites is 1. The summed E-state index contributed by atoms with van der Waals surface area (Å²) in [6.07, 6.45) is 0. The molecule has 33 heavy (non-hydrogen) atoms. The summed E-state index contributed by atoms with van der Waals surface area (Å²) in [7, 11) is 6.07. The number of methoxy groups -OCH3 is 4. The molecule has 1 heterocycles. The van der Waals surface area contributed by atoms with Gasteiger partial charge in [-0.1, -0.05) is 12.1 Å². The minimum Gasteiger partial charge on any atom is -0.494 e. The van der Waals surface area contributed by atoms with Gasteiger partial charge in [-0.05, 0) is 24.3 Å². The third-order valence-corrected chi connectivity index (χ3v) is 4.94. The molecule has 0 aliphatic carbocycles. The smallest absolute Gasteiger partial charge is 0.229 e. The van der Waals surface area contributed by atoms with Crippen LogP contribution in [-0.2, 0) is 0 Å². The van der Waals surface area contributed by atoms with Crippen molar-refractivity contribution in [1.82, 2.24) is 9.97 Å². The Bertz CT molecular complexity index is 1270. The molecule has 0 saturated carbocycles. The van der Waals surface area contributed by atoms with Gasteiger partial charge in [0.2, 0.25) is 11.7 Å². The van der Waals surface area contributed by atoms with Gasteiger partial charge in [-0.25, -0.2) is 9.37 Å². The van der Waals surface area contributed by atoms with Crippen LogP contribution in [0, 0.1) is 5.82 Å². The molecule has 0 fully saturated rings. The number of ether oxygens (including phenoxy) is 4. The lowest BCUT2D eigenvalue weighted by Gasteiger charge is -2.16.